The standard InChI is InChI=1S/C15H13ClN4O/c16-11-5-10(14(17)21)6-12(7-11)20-8-9-1-3-18-15-13(9)2-4-19-15/h1-7,20H,8H2,(H2,17,21)(H,18,19). The molecule has 0 aliphatic rings. The SMILES string of the molecule is NC(=O)c1cc(Cl)cc(NCc2ccnc3[nH]ccc23)c1. The average molecular weight is 301 g/mol. The van der Waals surface area contributed by atoms with E-state index in [1.807, 2.05) is 18.3 Å². The number of benzene rings is 1. The Bertz CT molecular complexity index is 812. The Labute approximate surface area is 126 Å². The summed E-state index contributed by atoms with van der Waals surface area (Å²) in [5.74, 6) is -0.502. The second-order valence-electron chi connectivity index (χ2n) is 4.66. The molecule has 0 aliphatic carbocycles. The number of carbonyl (C=O) groups is 1. The number of hydrogen-bond acceptors (Lipinski definition) is 3. The molecule has 3 aromatic rings. The van der Waals surface area contributed by atoms with E-state index in [1.54, 1.807) is 24.4 Å². The summed E-state index contributed by atoms with van der Waals surface area (Å²) in [6.45, 7) is 0.593. The van der Waals surface area contributed by atoms with Crippen molar-refractivity contribution < 1.29 is 4.79 Å². The van der Waals surface area contributed by atoms with Gasteiger partial charge >= 0.3 is 0 Å². The lowest BCUT2D eigenvalue weighted by Gasteiger charge is -2.09. The maximum Gasteiger partial charge on any atom is 0.248 e. The number of pyridine rings is 1. The van der Waals surface area contributed by atoms with E-state index in [9.17, 15) is 4.79 Å². The molecule has 1 aromatic carbocycles. The van der Waals surface area contributed by atoms with Gasteiger partial charge in [-0.3, -0.25) is 4.79 Å². The van der Waals surface area contributed by atoms with Crippen molar-refractivity contribution in [2.75, 3.05) is 5.32 Å². The van der Waals surface area contributed by atoms with E-state index in [0.29, 0.717) is 17.1 Å². The Morgan fingerprint density at radius 1 is 1.33 bits per heavy atom. The van der Waals surface area contributed by atoms with Crippen molar-refractivity contribution in [3.63, 3.8) is 0 Å². The van der Waals surface area contributed by atoms with Gasteiger partial charge in [-0.15, -0.1) is 0 Å². The lowest BCUT2D eigenvalue weighted by Crippen LogP contribution is -2.11. The first-order valence-electron chi connectivity index (χ1n) is 6.39. The van der Waals surface area contributed by atoms with Crippen LogP contribution < -0.4 is 11.1 Å². The number of primary amides is 1. The number of halogens is 1. The van der Waals surface area contributed by atoms with Gasteiger partial charge in [-0.2, -0.15) is 0 Å². The number of nitrogens with two attached hydrogens (primary N) is 1. The molecule has 0 aliphatic heterocycles. The monoisotopic (exact) mass is 300 g/mol. The van der Waals surface area contributed by atoms with E-state index < -0.39 is 5.91 Å². The van der Waals surface area contributed by atoms with Gasteiger partial charge < -0.3 is 16.0 Å². The highest BCUT2D eigenvalue weighted by Gasteiger charge is 2.06. The van der Waals surface area contributed by atoms with Gasteiger partial charge in [0.15, 0.2) is 0 Å². The zero-order valence-electron chi connectivity index (χ0n) is 11.1. The quantitative estimate of drug-likeness (QED) is 0.692. The number of nitrogens with zero attached hydrogens (tertiary/aromatic N) is 1. The van der Waals surface area contributed by atoms with Crippen LogP contribution in [0.2, 0.25) is 5.02 Å². The number of aromatic nitrogens is 2. The van der Waals surface area contributed by atoms with E-state index in [-0.39, 0.29) is 0 Å². The van der Waals surface area contributed by atoms with Crippen LogP contribution in [0.1, 0.15) is 15.9 Å². The number of fused-ring (bicyclic) bond motifs is 1. The molecule has 0 bridgehead atoms. The van der Waals surface area contributed by atoms with Gasteiger partial charge in [0.05, 0.1) is 0 Å². The topological polar surface area (TPSA) is 83.8 Å². The fraction of sp³-hybridized carbons (Fsp3) is 0.0667. The van der Waals surface area contributed by atoms with Crippen LogP contribution in [-0.2, 0) is 6.54 Å². The minimum Gasteiger partial charge on any atom is -0.381 e. The molecule has 0 radical (unpaired) electrons. The predicted molar refractivity (Wildman–Crippen MR) is 83.4 cm³/mol. The average Bonchev–Trinajstić information content (AvgIpc) is 2.93. The smallest absolute Gasteiger partial charge is 0.248 e. The molecule has 2 heterocycles. The highest BCUT2D eigenvalue weighted by molar-refractivity contribution is 6.31. The first kappa shape index (κ1) is 13.5. The first-order valence-corrected chi connectivity index (χ1v) is 6.76. The third-order valence-corrected chi connectivity index (χ3v) is 3.43. The molecule has 0 unspecified atom stereocenters. The molecule has 5 nitrogen and oxygen atoms in total. The van der Waals surface area contributed by atoms with E-state index in [4.69, 9.17) is 17.3 Å². The lowest BCUT2D eigenvalue weighted by molar-refractivity contribution is 0.100. The van der Waals surface area contributed by atoms with Crippen LogP contribution in [0.15, 0.2) is 42.7 Å². The molecule has 1 amide bonds. The fourth-order valence-corrected chi connectivity index (χ4v) is 2.44. The number of anilines is 1. The number of H-pyrrole nitrogens is 1. The molecule has 106 valence electrons. The zero-order chi connectivity index (χ0) is 14.8. The van der Waals surface area contributed by atoms with Gasteiger partial charge in [0.2, 0.25) is 5.91 Å². The molecule has 3 rings (SSSR count). The number of rotatable bonds is 4. The summed E-state index contributed by atoms with van der Waals surface area (Å²) in [4.78, 5) is 18.6. The number of aromatic amines is 1. The van der Waals surface area contributed by atoms with Crippen molar-refractivity contribution in [1.82, 2.24) is 9.97 Å². The summed E-state index contributed by atoms with van der Waals surface area (Å²) in [7, 11) is 0. The van der Waals surface area contributed by atoms with E-state index in [0.717, 1.165) is 22.3 Å². The van der Waals surface area contributed by atoms with Crippen LogP contribution in [0.4, 0.5) is 5.69 Å². The number of amides is 1. The van der Waals surface area contributed by atoms with Gasteiger partial charge in [0, 0.05) is 40.6 Å². The van der Waals surface area contributed by atoms with E-state index in [2.05, 4.69) is 15.3 Å². The maximum atomic E-state index is 11.2. The van der Waals surface area contributed by atoms with Crippen molar-refractivity contribution in [3.8, 4) is 0 Å². The molecule has 0 fully saturated rings. The fourth-order valence-electron chi connectivity index (χ4n) is 2.20. The summed E-state index contributed by atoms with van der Waals surface area (Å²) < 4.78 is 0. The van der Waals surface area contributed by atoms with Crippen LogP contribution in [0.3, 0.4) is 0 Å². The van der Waals surface area contributed by atoms with Crippen LogP contribution in [-0.4, -0.2) is 15.9 Å². The highest BCUT2D eigenvalue weighted by atomic mass is 35.5. The van der Waals surface area contributed by atoms with Crippen molar-refractivity contribution in [1.29, 1.82) is 0 Å². The number of hydrogen-bond donors (Lipinski definition) is 3. The largest absolute Gasteiger partial charge is 0.381 e. The van der Waals surface area contributed by atoms with Crippen molar-refractivity contribution in [2.45, 2.75) is 6.54 Å². The van der Waals surface area contributed by atoms with E-state index >= 15 is 0 Å². The van der Waals surface area contributed by atoms with Crippen molar-refractivity contribution in [2.24, 2.45) is 5.73 Å². The van der Waals surface area contributed by atoms with Gasteiger partial charge in [-0.25, -0.2) is 4.98 Å². The predicted octanol–water partition coefficient (Wildman–Crippen LogP) is 2.93. The summed E-state index contributed by atoms with van der Waals surface area (Å²) in [6.07, 6.45) is 3.61. The maximum absolute atomic E-state index is 11.2. The normalized spacial score (nSPS) is 10.7. The minimum absolute atomic E-state index is 0.381. The van der Waals surface area contributed by atoms with Crippen molar-refractivity contribution in [3.05, 3.63) is 58.9 Å². The number of carbonyl (C=O) groups excluding carboxylic acids is 1. The van der Waals surface area contributed by atoms with Gasteiger partial charge in [-0.05, 0) is 35.9 Å². The van der Waals surface area contributed by atoms with Gasteiger partial charge in [0.1, 0.15) is 5.65 Å². The summed E-state index contributed by atoms with van der Waals surface area (Å²) >= 11 is 5.99. The molecule has 2 aromatic heterocycles. The molecular formula is C15H13ClN4O. The summed E-state index contributed by atoms with van der Waals surface area (Å²) in [6, 6.07) is 8.91. The lowest BCUT2D eigenvalue weighted by atomic mass is 10.1. The molecular weight excluding hydrogens is 288 g/mol. The second kappa shape index (κ2) is 5.46. The Balaban J connectivity index is 1.85. The third kappa shape index (κ3) is 2.83. The Kier molecular flexibility index (Phi) is 3.50. The van der Waals surface area contributed by atoms with Crippen LogP contribution >= 0.6 is 11.6 Å². The Morgan fingerprint density at radius 3 is 3.00 bits per heavy atom. The van der Waals surface area contributed by atoms with Crippen LogP contribution in [0.25, 0.3) is 11.0 Å². The summed E-state index contributed by atoms with van der Waals surface area (Å²) in [5.41, 5.74) is 8.35. The van der Waals surface area contributed by atoms with Crippen molar-refractivity contribution >= 4 is 34.2 Å². The van der Waals surface area contributed by atoms with Gasteiger partial charge in [-0.1, -0.05) is 11.6 Å². The molecule has 0 saturated carbocycles. The third-order valence-electron chi connectivity index (χ3n) is 3.22. The zero-order valence-corrected chi connectivity index (χ0v) is 11.8. The van der Waals surface area contributed by atoms with Gasteiger partial charge in [0.25, 0.3) is 0 Å². The Hall–Kier alpha value is -2.53. The number of nitrogens with one attached hydrogen (secondary N) is 2. The molecule has 0 spiro atoms. The minimum atomic E-state index is -0.502. The molecule has 0 saturated heterocycles. The van der Waals surface area contributed by atoms with E-state index in [1.165, 1.54) is 0 Å². The summed E-state index contributed by atoms with van der Waals surface area (Å²) in [5, 5.41) is 4.77. The first-order chi connectivity index (χ1) is 10.1. The van der Waals surface area contributed by atoms with Crippen LogP contribution in [0.5, 0.6) is 0 Å². The molecule has 6 heteroatoms. The molecule has 21 heavy (non-hydrogen) atoms. The molecule has 0 atom stereocenters. The van der Waals surface area contributed by atoms with Crippen LogP contribution in [0, 0.1) is 0 Å². The second-order valence-corrected chi connectivity index (χ2v) is 5.09. The molecule has 4 N–H and O–H groups in total. The Morgan fingerprint density at radius 2 is 2.19 bits per heavy atom. The highest BCUT2D eigenvalue weighted by Crippen LogP contribution is 2.21.